The van der Waals surface area contributed by atoms with Crippen LogP contribution in [0.15, 0.2) is 41.5 Å². The standard InChI is InChI=1S/C26H34N4O/c31-25-22(17-28-11-9-26(19-28)7-1-2-8-26)5-6-24-23-12-21(16-30(24)25)15-29(18-23)14-20-4-3-10-27-13-20/h3-6,10,13,21,23H,1-2,7-9,11-12,14-19H2/t21-,23+/m0/s1. The molecule has 2 aromatic rings. The summed E-state index contributed by atoms with van der Waals surface area (Å²) in [5.41, 5.74) is 4.39. The highest BCUT2D eigenvalue weighted by Gasteiger charge is 2.40. The highest BCUT2D eigenvalue weighted by Crippen LogP contribution is 2.45. The van der Waals surface area contributed by atoms with E-state index in [1.165, 1.54) is 56.3 Å². The third kappa shape index (κ3) is 3.76. The van der Waals surface area contributed by atoms with E-state index < -0.39 is 0 Å². The quantitative estimate of drug-likeness (QED) is 0.760. The molecule has 5 heteroatoms. The van der Waals surface area contributed by atoms with Crippen LogP contribution in [0.1, 0.15) is 61.3 Å². The molecular weight excluding hydrogens is 384 g/mol. The van der Waals surface area contributed by atoms with Gasteiger partial charge in [-0.15, -0.1) is 0 Å². The first-order chi connectivity index (χ1) is 15.2. The van der Waals surface area contributed by atoms with Gasteiger partial charge in [0.2, 0.25) is 0 Å². The Morgan fingerprint density at radius 3 is 2.74 bits per heavy atom. The molecule has 6 rings (SSSR count). The van der Waals surface area contributed by atoms with E-state index in [0.29, 0.717) is 17.3 Å². The molecule has 0 radical (unpaired) electrons. The van der Waals surface area contributed by atoms with E-state index in [0.717, 1.165) is 44.8 Å². The molecule has 4 aliphatic rings. The minimum Gasteiger partial charge on any atom is -0.312 e. The molecule has 1 saturated carbocycles. The fourth-order valence-corrected chi connectivity index (χ4v) is 7.03. The van der Waals surface area contributed by atoms with Gasteiger partial charge in [-0.1, -0.05) is 25.0 Å². The Labute approximate surface area is 185 Å². The maximum absolute atomic E-state index is 13.4. The Morgan fingerprint density at radius 1 is 1.00 bits per heavy atom. The summed E-state index contributed by atoms with van der Waals surface area (Å²) in [5.74, 6) is 1.05. The summed E-state index contributed by atoms with van der Waals surface area (Å²) < 4.78 is 2.14. The van der Waals surface area contributed by atoms with E-state index in [4.69, 9.17) is 0 Å². The minimum absolute atomic E-state index is 0.278. The van der Waals surface area contributed by atoms with E-state index in [1.54, 1.807) is 0 Å². The van der Waals surface area contributed by atoms with E-state index in [9.17, 15) is 4.79 Å². The highest BCUT2D eigenvalue weighted by atomic mass is 16.1. The number of nitrogens with zero attached hydrogens (tertiary/aromatic N) is 4. The summed E-state index contributed by atoms with van der Waals surface area (Å²) in [4.78, 5) is 22.8. The van der Waals surface area contributed by atoms with Crippen LogP contribution < -0.4 is 5.56 Å². The van der Waals surface area contributed by atoms with Gasteiger partial charge in [0.05, 0.1) is 0 Å². The van der Waals surface area contributed by atoms with Crippen LogP contribution in [0.3, 0.4) is 0 Å². The van der Waals surface area contributed by atoms with Gasteiger partial charge < -0.3 is 4.57 Å². The molecule has 3 fully saturated rings. The molecule has 3 aliphatic heterocycles. The third-order valence-electron chi connectivity index (χ3n) is 8.46. The van der Waals surface area contributed by atoms with Crippen molar-refractivity contribution in [3.63, 3.8) is 0 Å². The highest BCUT2D eigenvalue weighted by molar-refractivity contribution is 5.23. The summed E-state index contributed by atoms with van der Waals surface area (Å²) in [6.07, 6.45) is 11.9. The zero-order valence-corrected chi connectivity index (χ0v) is 18.5. The van der Waals surface area contributed by atoms with Crippen molar-refractivity contribution >= 4 is 0 Å². The van der Waals surface area contributed by atoms with Gasteiger partial charge in [-0.3, -0.25) is 19.6 Å². The Kier molecular flexibility index (Phi) is 4.99. The molecular formula is C26H34N4O. The number of piperidine rings is 1. The predicted molar refractivity (Wildman–Crippen MR) is 122 cm³/mol. The molecule has 31 heavy (non-hydrogen) atoms. The van der Waals surface area contributed by atoms with Crippen LogP contribution in [0.4, 0.5) is 0 Å². The molecule has 0 N–H and O–H groups in total. The van der Waals surface area contributed by atoms with E-state index >= 15 is 0 Å². The van der Waals surface area contributed by atoms with Crippen LogP contribution in [0, 0.1) is 11.3 Å². The summed E-state index contributed by atoms with van der Waals surface area (Å²) in [5, 5.41) is 0. The summed E-state index contributed by atoms with van der Waals surface area (Å²) >= 11 is 0. The molecule has 2 bridgehead atoms. The fraction of sp³-hybridized carbons (Fsp3) is 0.615. The van der Waals surface area contributed by atoms with Crippen molar-refractivity contribution in [3.8, 4) is 0 Å². The number of rotatable bonds is 4. The molecule has 2 aromatic heterocycles. The molecule has 0 amide bonds. The smallest absolute Gasteiger partial charge is 0.255 e. The lowest BCUT2D eigenvalue weighted by atomic mass is 9.83. The molecule has 5 heterocycles. The molecule has 5 nitrogen and oxygen atoms in total. The lowest BCUT2D eigenvalue weighted by Crippen LogP contribution is -2.47. The molecule has 1 spiro atoms. The molecule has 1 aliphatic carbocycles. The lowest BCUT2D eigenvalue weighted by molar-refractivity contribution is 0.114. The van der Waals surface area contributed by atoms with Crippen LogP contribution in [-0.4, -0.2) is 45.5 Å². The normalized spacial score (nSPS) is 27.6. The molecule has 164 valence electrons. The van der Waals surface area contributed by atoms with Gasteiger partial charge in [-0.25, -0.2) is 0 Å². The summed E-state index contributed by atoms with van der Waals surface area (Å²) in [6, 6.07) is 8.60. The van der Waals surface area contributed by atoms with Crippen molar-refractivity contribution in [1.82, 2.24) is 19.4 Å². The third-order valence-corrected chi connectivity index (χ3v) is 8.46. The van der Waals surface area contributed by atoms with Crippen LogP contribution in [-0.2, 0) is 19.6 Å². The topological polar surface area (TPSA) is 41.4 Å². The number of fused-ring (bicyclic) bond motifs is 4. The number of aromatic nitrogens is 2. The molecule has 2 atom stereocenters. The Balaban J connectivity index is 1.18. The van der Waals surface area contributed by atoms with Crippen LogP contribution in [0.5, 0.6) is 0 Å². The number of likely N-dealkylation sites (tertiary alicyclic amines) is 2. The second-order valence-electron chi connectivity index (χ2n) is 10.7. The minimum atomic E-state index is 0.278. The van der Waals surface area contributed by atoms with Crippen LogP contribution in [0.2, 0.25) is 0 Å². The van der Waals surface area contributed by atoms with Crippen molar-refractivity contribution in [2.24, 2.45) is 11.3 Å². The fourth-order valence-electron chi connectivity index (χ4n) is 7.03. The first-order valence-electron chi connectivity index (χ1n) is 12.2. The monoisotopic (exact) mass is 418 g/mol. The zero-order chi connectivity index (χ0) is 20.8. The largest absolute Gasteiger partial charge is 0.312 e. The maximum atomic E-state index is 13.4. The number of hydrogen-bond donors (Lipinski definition) is 0. The first-order valence-corrected chi connectivity index (χ1v) is 12.2. The van der Waals surface area contributed by atoms with Gasteiger partial charge in [0, 0.05) is 68.8 Å². The zero-order valence-electron chi connectivity index (χ0n) is 18.5. The number of pyridine rings is 2. The van der Waals surface area contributed by atoms with Gasteiger partial charge in [-0.05, 0) is 61.3 Å². The predicted octanol–water partition coefficient (Wildman–Crippen LogP) is 3.63. The first kappa shape index (κ1) is 19.7. The van der Waals surface area contributed by atoms with Crippen molar-refractivity contribution in [1.29, 1.82) is 0 Å². The van der Waals surface area contributed by atoms with E-state index in [1.807, 2.05) is 18.5 Å². The Morgan fingerprint density at radius 2 is 1.90 bits per heavy atom. The average Bonchev–Trinajstić information content (AvgIpc) is 3.40. The van der Waals surface area contributed by atoms with Gasteiger partial charge in [0.15, 0.2) is 0 Å². The summed E-state index contributed by atoms with van der Waals surface area (Å²) in [6.45, 7) is 7.16. The molecule has 0 aromatic carbocycles. The van der Waals surface area contributed by atoms with Crippen molar-refractivity contribution < 1.29 is 0 Å². The van der Waals surface area contributed by atoms with Gasteiger partial charge in [0.1, 0.15) is 0 Å². The maximum Gasteiger partial charge on any atom is 0.255 e. The van der Waals surface area contributed by atoms with Gasteiger partial charge in [0.25, 0.3) is 5.56 Å². The summed E-state index contributed by atoms with van der Waals surface area (Å²) in [7, 11) is 0. The Hall–Kier alpha value is -1.98. The second-order valence-corrected chi connectivity index (χ2v) is 10.7. The molecule has 0 unspecified atom stereocenters. The lowest BCUT2D eigenvalue weighted by Gasteiger charge is -2.43. The Bertz CT molecular complexity index is 994. The SMILES string of the molecule is O=c1c(CN2CCC3(CCCC3)C2)ccc2n1C[C@H]1C[C@@H]2CN(Cc2cccnc2)C1. The number of hydrogen-bond acceptors (Lipinski definition) is 4. The van der Waals surface area contributed by atoms with Crippen LogP contribution in [0.25, 0.3) is 0 Å². The van der Waals surface area contributed by atoms with E-state index in [2.05, 4.69) is 37.5 Å². The van der Waals surface area contributed by atoms with Gasteiger partial charge in [-0.2, -0.15) is 0 Å². The second kappa shape index (κ2) is 7.86. The molecule has 2 saturated heterocycles. The van der Waals surface area contributed by atoms with Crippen molar-refractivity contribution in [2.75, 3.05) is 26.2 Å². The van der Waals surface area contributed by atoms with E-state index in [-0.39, 0.29) is 5.56 Å². The van der Waals surface area contributed by atoms with Crippen LogP contribution >= 0.6 is 0 Å². The van der Waals surface area contributed by atoms with Crippen molar-refractivity contribution in [3.05, 3.63) is 63.8 Å². The van der Waals surface area contributed by atoms with Crippen molar-refractivity contribution in [2.45, 2.75) is 64.1 Å². The average molecular weight is 419 g/mol. The van der Waals surface area contributed by atoms with Gasteiger partial charge >= 0.3 is 0 Å².